The highest BCUT2D eigenvalue weighted by Crippen LogP contribution is 2.26. The van der Waals surface area contributed by atoms with Crippen LogP contribution in [0.2, 0.25) is 0 Å². The van der Waals surface area contributed by atoms with E-state index in [1.165, 1.54) is 0 Å². The maximum absolute atomic E-state index is 5.99. The number of hydrogen-bond donors (Lipinski definition) is 1. The van der Waals surface area contributed by atoms with Crippen LogP contribution in [0.3, 0.4) is 0 Å². The molecule has 1 saturated heterocycles. The van der Waals surface area contributed by atoms with Gasteiger partial charge < -0.3 is 19.9 Å². The van der Waals surface area contributed by atoms with Crippen molar-refractivity contribution in [2.24, 2.45) is 5.73 Å². The number of morpholine rings is 1. The Kier molecular flexibility index (Phi) is 6.01. The summed E-state index contributed by atoms with van der Waals surface area (Å²) in [5.74, 6) is 0. The standard InChI is InChI=1S/C13H28N2O3/c1-10-7-15(8-11(2)18-10)13(3,9-14)6-12(16-4)17-5/h10-12H,6-9,14H2,1-5H3/t10-,11+,13?. The third kappa shape index (κ3) is 3.90. The molecule has 0 aliphatic carbocycles. The quantitative estimate of drug-likeness (QED) is 0.717. The van der Waals surface area contributed by atoms with Crippen molar-refractivity contribution in [2.75, 3.05) is 33.9 Å². The summed E-state index contributed by atoms with van der Waals surface area (Å²) in [5, 5.41) is 0. The summed E-state index contributed by atoms with van der Waals surface area (Å²) in [6.45, 7) is 8.75. The highest BCUT2D eigenvalue weighted by molar-refractivity contribution is 4.92. The molecule has 0 bridgehead atoms. The van der Waals surface area contributed by atoms with E-state index in [0.29, 0.717) is 6.54 Å². The zero-order chi connectivity index (χ0) is 13.8. The molecule has 5 nitrogen and oxygen atoms in total. The molecule has 0 aromatic heterocycles. The lowest BCUT2D eigenvalue weighted by molar-refractivity contribution is -0.148. The van der Waals surface area contributed by atoms with Crippen molar-refractivity contribution >= 4 is 0 Å². The molecule has 1 rings (SSSR count). The second-order valence-electron chi connectivity index (χ2n) is 5.47. The van der Waals surface area contributed by atoms with Gasteiger partial charge in [-0.05, 0) is 20.8 Å². The van der Waals surface area contributed by atoms with Crippen LogP contribution >= 0.6 is 0 Å². The first-order valence-electron chi connectivity index (χ1n) is 6.61. The maximum Gasteiger partial charge on any atom is 0.158 e. The summed E-state index contributed by atoms with van der Waals surface area (Å²) < 4.78 is 16.4. The first-order chi connectivity index (χ1) is 8.45. The number of nitrogens with zero attached hydrogens (tertiary/aromatic N) is 1. The second-order valence-corrected chi connectivity index (χ2v) is 5.47. The molecular weight excluding hydrogens is 232 g/mol. The van der Waals surface area contributed by atoms with Crippen LogP contribution in [0.25, 0.3) is 0 Å². The van der Waals surface area contributed by atoms with E-state index in [2.05, 4.69) is 25.7 Å². The van der Waals surface area contributed by atoms with Crippen molar-refractivity contribution in [2.45, 2.75) is 51.2 Å². The Hall–Kier alpha value is -0.200. The van der Waals surface area contributed by atoms with Crippen LogP contribution in [0.5, 0.6) is 0 Å². The zero-order valence-electron chi connectivity index (χ0n) is 12.3. The van der Waals surface area contributed by atoms with Gasteiger partial charge in [0.05, 0.1) is 12.2 Å². The van der Waals surface area contributed by atoms with Crippen LogP contribution in [0.1, 0.15) is 27.2 Å². The van der Waals surface area contributed by atoms with E-state index < -0.39 is 0 Å². The molecule has 2 N–H and O–H groups in total. The third-order valence-electron chi connectivity index (χ3n) is 3.75. The van der Waals surface area contributed by atoms with Crippen molar-refractivity contribution in [3.05, 3.63) is 0 Å². The van der Waals surface area contributed by atoms with E-state index in [4.69, 9.17) is 19.9 Å². The SMILES string of the molecule is COC(CC(C)(CN)N1C[C@@H](C)O[C@@H](C)C1)OC. The van der Waals surface area contributed by atoms with Crippen LogP contribution in [0.4, 0.5) is 0 Å². The fraction of sp³-hybridized carbons (Fsp3) is 1.00. The van der Waals surface area contributed by atoms with Gasteiger partial charge in [0.25, 0.3) is 0 Å². The normalized spacial score (nSPS) is 29.5. The summed E-state index contributed by atoms with van der Waals surface area (Å²) in [7, 11) is 3.32. The molecule has 0 aromatic rings. The molecule has 1 aliphatic rings. The molecule has 18 heavy (non-hydrogen) atoms. The summed E-state index contributed by atoms with van der Waals surface area (Å²) >= 11 is 0. The van der Waals surface area contributed by atoms with Crippen LogP contribution in [0.15, 0.2) is 0 Å². The lowest BCUT2D eigenvalue weighted by atomic mass is 9.93. The van der Waals surface area contributed by atoms with Gasteiger partial charge in [-0.2, -0.15) is 0 Å². The van der Waals surface area contributed by atoms with Gasteiger partial charge in [0.1, 0.15) is 0 Å². The summed E-state index contributed by atoms with van der Waals surface area (Å²) in [5.41, 5.74) is 5.87. The van der Waals surface area contributed by atoms with Crippen molar-refractivity contribution in [1.82, 2.24) is 4.90 Å². The highest BCUT2D eigenvalue weighted by atomic mass is 16.7. The van der Waals surface area contributed by atoms with Crippen molar-refractivity contribution < 1.29 is 14.2 Å². The molecule has 1 unspecified atom stereocenters. The minimum Gasteiger partial charge on any atom is -0.373 e. The van der Waals surface area contributed by atoms with E-state index in [1.807, 2.05) is 0 Å². The molecule has 0 amide bonds. The first-order valence-corrected chi connectivity index (χ1v) is 6.61. The first kappa shape index (κ1) is 15.9. The van der Waals surface area contributed by atoms with Gasteiger partial charge in [-0.3, -0.25) is 4.90 Å². The Morgan fingerprint density at radius 2 is 1.78 bits per heavy atom. The van der Waals surface area contributed by atoms with Gasteiger partial charge in [-0.1, -0.05) is 0 Å². The number of methoxy groups -OCH3 is 2. The zero-order valence-corrected chi connectivity index (χ0v) is 12.3. The highest BCUT2D eigenvalue weighted by Gasteiger charge is 2.37. The van der Waals surface area contributed by atoms with Gasteiger partial charge in [0.2, 0.25) is 0 Å². The van der Waals surface area contributed by atoms with Gasteiger partial charge >= 0.3 is 0 Å². The molecule has 108 valence electrons. The van der Waals surface area contributed by atoms with Crippen LogP contribution in [-0.2, 0) is 14.2 Å². The van der Waals surface area contributed by atoms with Gasteiger partial charge in [-0.25, -0.2) is 0 Å². The average Bonchev–Trinajstić information content (AvgIpc) is 2.34. The molecule has 1 aliphatic heterocycles. The van der Waals surface area contributed by atoms with Crippen molar-refractivity contribution in [3.63, 3.8) is 0 Å². The average molecular weight is 260 g/mol. The van der Waals surface area contributed by atoms with Gasteiger partial charge in [0.15, 0.2) is 6.29 Å². The van der Waals surface area contributed by atoms with E-state index in [-0.39, 0.29) is 24.0 Å². The lowest BCUT2D eigenvalue weighted by Crippen LogP contribution is -2.60. The third-order valence-corrected chi connectivity index (χ3v) is 3.75. The van der Waals surface area contributed by atoms with E-state index >= 15 is 0 Å². The minimum atomic E-state index is -0.216. The van der Waals surface area contributed by atoms with E-state index in [1.54, 1.807) is 14.2 Å². The Morgan fingerprint density at radius 1 is 1.28 bits per heavy atom. The lowest BCUT2D eigenvalue weighted by Gasteiger charge is -2.47. The number of nitrogens with two attached hydrogens (primary N) is 1. The molecule has 1 heterocycles. The van der Waals surface area contributed by atoms with E-state index in [0.717, 1.165) is 19.5 Å². The molecule has 3 atom stereocenters. The number of rotatable bonds is 6. The fourth-order valence-electron chi connectivity index (χ4n) is 2.58. The molecular formula is C13H28N2O3. The predicted octanol–water partition coefficient (Wildman–Crippen LogP) is 0.822. The van der Waals surface area contributed by atoms with Gasteiger partial charge in [-0.15, -0.1) is 0 Å². The van der Waals surface area contributed by atoms with Crippen LogP contribution < -0.4 is 5.73 Å². The topological polar surface area (TPSA) is 57.0 Å². The predicted molar refractivity (Wildman–Crippen MR) is 71.5 cm³/mol. The molecule has 1 fully saturated rings. The summed E-state index contributed by atoms with van der Waals surface area (Å²) in [6.07, 6.45) is 1.02. The van der Waals surface area contributed by atoms with Gasteiger partial charge in [0, 0.05) is 45.8 Å². The Balaban J connectivity index is 2.72. The van der Waals surface area contributed by atoms with Crippen LogP contribution in [0, 0.1) is 0 Å². The summed E-state index contributed by atoms with van der Waals surface area (Å²) in [6, 6.07) is 0. The number of hydrogen-bond acceptors (Lipinski definition) is 5. The molecule has 5 heteroatoms. The monoisotopic (exact) mass is 260 g/mol. The smallest absolute Gasteiger partial charge is 0.158 e. The Bertz CT molecular complexity index is 238. The minimum absolute atomic E-state index is 0.122. The van der Waals surface area contributed by atoms with Crippen molar-refractivity contribution in [3.8, 4) is 0 Å². The molecule has 0 radical (unpaired) electrons. The molecule has 0 aromatic carbocycles. The summed E-state index contributed by atoms with van der Waals surface area (Å²) in [4.78, 5) is 2.40. The molecule has 0 saturated carbocycles. The Labute approximate surface area is 111 Å². The largest absolute Gasteiger partial charge is 0.373 e. The van der Waals surface area contributed by atoms with Crippen molar-refractivity contribution in [1.29, 1.82) is 0 Å². The Morgan fingerprint density at radius 3 is 2.17 bits per heavy atom. The second kappa shape index (κ2) is 6.82. The molecule has 0 spiro atoms. The maximum atomic E-state index is 5.99. The number of ether oxygens (including phenoxy) is 3. The van der Waals surface area contributed by atoms with Crippen LogP contribution in [-0.4, -0.2) is 62.8 Å². The fourth-order valence-corrected chi connectivity index (χ4v) is 2.58. The van der Waals surface area contributed by atoms with E-state index in [9.17, 15) is 0 Å².